The van der Waals surface area contributed by atoms with E-state index < -0.39 is 28.9 Å². The van der Waals surface area contributed by atoms with Crippen molar-refractivity contribution in [2.75, 3.05) is 5.32 Å². The summed E-state index contributed by atoms with van der Waals surface area (Å²) >= 11 is 6.23. The summed E-state index contributed by atoms with van der Waals surface area (Å²) in [6.45, 7) is -0.244. The Morgan fingerprint density at radius 2 is 1.89 bits per heavy atom. The van der Waals surface area contributed by atoms with Gasteiger partial charge in [0.15, 0.2) is 11.5 Å². The van der Waals surface area contributed by atoms with E-state index in [2.05, 4.69) is 20.5 Å². The number of anilines is 1. The molecule has 37 heavy (non-hydrogen) atoms. The molecule has 14 heteroatoms. The van der Waals surface area contributed by atoms with Gasteiger partial charge in [-0.25, -0.2) is 14.3 Å². The van der Waals surface area contributed by atoms with E-state index >= 15 is 0 Å². The molecule has 0 unspecified atom stereocenters. The van der Waals surface area contributed by atoms with Crippen LogP contribution in [0, 0.1) is 0 Å². The van der Waals surface area contributed by atoms with Crippen LogP contribution >= 0.6 is 11.6 Å². The van der Waals surface area contributed by atoms with Crippen molar-refractivity contribution < 1.29 is 23.1 Å². The molecule has 188 valence electrons. The van der Waals surface area contributed by atoms with Crippen LogP contribution in [0.3, 0.4) is 0 Å². The highest BCUT2D eigenvalue weighted by Gasteiger charge is 2.41. The van der Waals surface area contributed by atoms with E-state index in [0.29, 0.717) is 20.4 Å². The number of hydrogen-bond acceptors (Lipinski definition) is 6. The van der Waals surface area contributed by atoms with Crippen molar-refractivity contribution >= 4 is 34.0 Å². The number of aliphatic hydroxyl groups is 1. The molecule has 0 spiro atoms. The zero-order valence-corrected chi connectivity index (χ0v) is 19.3. The average Bonchev–Trinajstić information content (AvgIpc) is 3.52. The Kier molecular flexibility index (Phi) is 6.01. The lowest BCUT2D eigenvalue weighted by Crippen LogP contribution is -2.31. The van der Waals surface area contributed by atoms with Gasteiger partial charge >= 0.3 is 6.18 Å². The Labute approximate surface area is 210 Å². The van der Waals surface area contributed by atoms with Crippen molar-refractivity contribution in [2.45, 2.75) is 12.8 Å². The van der Waals surface area contributed by atoms with Gasteiger partial charge < -0.3 is 10.4 Å². The molecule has 0 saturated carbocycles. The average molecular weight is 530 g/mol. The highest BCUT2D eigenvalue weighted by atomic mass is 35.5. The molecule has 0 aliphatic carbocycles. The summed E-state index contributed by atoms with van der Waals surface area (Å²) in [4.78, 5) is 30.2. The van der Waals surface area contributed by atoms with Crippen LogP contribution < -0.4 is 10.9 Å². The summed E-state index contributed by atoms with van der Waals surface area (Å²) in [5, 5.41) is 20.0. The number of benzene rings is 1. The van der Waals surface area contributed by atoms with Gasteiger partial charge in [-0.3, -0.25) is 9.59 Å². The maximum absolute atomic E-state index is 14.1. The van der Waals surface area contributed by atoms with E-state index in [1.54, 1.807) is 18.2 Å². The third-order valence-corrected chi connectivity index (χ3v) is 5.66. The van der Waals surface area contributed by atoms with E-state index in [1.807, 2.05) is 0 Å². The molecule has 0 aliphatic rings. The number of aromatic nitrogens is 6. The second-order valence-corrected chi connectivity index (χ2v) is 8.19. The van der Waals surface area contributed by atoms with Crippen molar-refractivity contribution in [2.24, 2.45) is 0 Å². The normalized spacial score (nSPS) is 11.7. The minimum Gasteiger partial charge on any atom is -0.392 e. The summed E-state index contributed by atoms with van der Waals surface area (Å²) < 4.78 is 44.3. The minimum atomic E-state index is -5.03. The summed E-state index contributed by atoms with van der Waals surface area (Å²) in [5.41, 5.74) is -2.47. The van der Waals surface area contributed by atoms with Crippen LogP contribution in [0.1, 0.15) is 21.6 Å². The van der Waals surface area contributed by atoms with Gasteiger partial charge in [0, 0.05) is 23.3 Å². The number of nitrogens with zero attached hydrogens (tertiary/aromatic N) is 6. The summed E-state index contributed by atoms with van der Waals surface area (Å²) in [5.74, 6) is -0.960. The fraction of sp³-hybridized carbons (Fsp3) is 0.0870. The molecule has 10 nitrogen and oxygen atoms in total. The molecule has 0 radical (unpaired) electrons. The van der Waals surface area contributed by atoms with Gasteiger partial charge in [0.25, 0.3) is 11.5 Å². The Morgan fingerprint density at radius 3 is 2.59 bits per heavy atom. The Hall–Kier alpha value is -4.49. The maximum Gasteiger partial charge on any atom is 0.435 e. The third kappa shape index (κ3) is 4.45. The zero-order chi connectivity index (χ0) is 26.3. The van der Waals surface area contributed by atoms with Crippen LogP contribution in [-0.4, -0.2) is 40.3 Å². The second kappa shape index (κ2) is 9.19. The van der Waals surface area contributed by atoms with Crippen molar-refractivity contribution in [3.63, 3.8) is 0 Å². The van der Waals surface area contributed by atoms with Crippen molar-refractivity contribution in [1.29, 1.82) is 0 Å². The van der Waals surface area contributed by atoms with Gasteiger partial charge in [-0.05, 0) is 23.6 Å². The molecule has 0 atom stereocenters. The zero-order valence-electron chi connectivity index (χ0n) is 18.5. The molecule has 4 heterocycles. The first-order valence-electron chi connectivity index (χ1n) is 10.6. The molecule has 5 aromatic rings. The standard InChI is InChI=1S/C23H15ClF3N7O3/c24-18-7-15(9-28-20(18)32-11-13(12-35)8-29-32)31-21(36)17-10-30-34(19(17)23(25,26)27)33-6-5-14-3-1-2-4-16(14)22(33)37/h1-11,35H,12H2,(H,31,36). The van der Waals surface area contributed by atoms with Crippen molar-refractivity contribution in [3.05, 3.63) is 99.6 Å². The summed E-state index contributed by atoms with van der Waals surface area (Å²) in [6, 6.07) is 9.16. The monoisotopic (exact) mass is 529 g/mol. The van der Waals surface area contributed by atoms with Crippen LogP contribution in [0.5, 0.6) is 0 Å². The number of pyridine rings is 2. The first kappa shape index (κ1) is 24.2. The largest absolute Gasteiger partial charge is 0.435 e. The molecule has 5 rings (SSSR count). The number of carbonyl (C=O) groups is 1. The van der Waals surface area contributed by atoms with Crippen LogP contribution in [0.2, 0.25) is 5.02 Å². The van der Waals surface area contributed by atoms with E-state index in [1.165, 1.54) is 41.5 Å². The minimum absolute atomic E-state index is 0.0111. The van der Waals surface area contributed by atoms with Crippen molar-refractivity contribution in [1.82, 2.24) is 29.3 Å². The molecular formula is C23H15ClF3N7O3. The molecule has 2 N–H and O–H groups in total. The number of nitrogens with one attached hydrogen (secondary N) is 1. The van der Waals surface area contributed by atoms with Gasteiger partial charge in [0.1, 0.15) is 0 Å². The van der Waals surface area contributed by atoms with Crippen LogP contribution in [0.25, 0.3) is 16.6 Å². The van der Waals surface area contributed by atoms with Gasteiger partial charge in [-0.2, -0.15) is 28.2 Å². The molecule has 0 bridgehead atoms. The molecule has 1 aromatic carbocycles. The Morgan fingerprint density at radius 1 is 1.11 bits per heavy atom. The number of rotatable bonds is 5. The smallest absolute Gasteiger partial charge is 0.392 e. The number of hydrogen-bond donors (Lipinski definition) is 2. The van der Waals surface area contributed by atoms with E-state index in [-0.39, 0.29) is 28.5 Å². The highest BCUT2D eigenvalue weighted by Crippen LogP contribution is 2.32. The van der Waals surface area contributed by atoms with Crippen molar-refractivity contribution in [3.8, 4) is 5.82 Å². The lowest BCUT2D eigenvalue weighted by Gasteiger charge is -2.14. The van der Waals surface area contributed by atoms with Crippen LogP contribution in [0.15, 0.2) is 72.2 Å². The quantitative estimate of drug-likeness (QED) is 0.359. The lowest BCUT2D eigenvalue weighted by atomic mass is 10.2. The fourth-order valence-electron chi connectivity index (χ4n) is 3.69. The SMILES string of the molecule is O=C(Nc1cnc(-n2cc(CO)cn2)c(Cl)c1)c1cnn(-n2ccc3ccccc3c2=O)c1C(F)(F)F. The van der Waals surface area contributed by atoms with Gasteiger partial charge in [-0.15, -0.1) is 0 Å². The third-order valence-electron chi connectivity index (χ3n) is 5.38. The van der Waals surface area contributed by atoms with E-state index in [4.69, 9.17) is 11.6 Å². The number of amides is 1. The predicted octanol–water partition coefficient (Wildman–Crippen LogP) is 3.51. The lowest BCUT2D eigenvalue weighted by molar-refractivity contribution is -0.145. The van der Waals surface area contributed by atoms with Gasteiger partial charge in [0.2, 0.25) is 0 Å². The summed E-state index contributed by atoms with van der Waals surface area (Å²) in [6.07, 6.45) is 0.928. The second-order valence-electron chi connectivity index (χ2n) is 7.78. The van der Waals surface area contributed by atoms with Gasteiger partial charge in [-0.1, -0.05) is 29.8 Å². The van der Waals surface area contributed by atoms with Gasteiger partial charge in [0.05, 0.1) is 41.5 Å². The van der Waals surface area contributed by atoms with E-state index in [0.717, 1.165) is 12.4 Å². The highest BCUT2D eigenvalue weighted by molar-refractivity contribution is 6.32. The van der Waals surface area contributed by atoms with E-state index in [9.17, 15) is 27.9 Å². The first-order valence-corrected chi connectivity index (χ1v) is 10.9. The molecule has 0 aliphatic heterocycles. The molecule has 1 amide bonds. The first-order chi connectivity index (χ1) is 17.7. The Balaban J connectivity index is 1.50. The predicted molar refractivity (Wildman–Crippen MR) is 126 cm³/mol. The fourth-order valence-corrected chi connectivity index (χ4v) is 3.94. The molecule has 4 aromatic heterocycles. The molecule has 0 saturated heterocycles. The maximum atomic E-state index is 14.1. The Bertz CT molecular complexity index is 1710. The van der Waals surface area contributed by atoms with Crippen LogP contribution in [-0.2, 0) is 12.8 Å². The molecule has 0 fully saturated rings. The number of carbonyl (C=O) groups excluding carboxylic acids is 1. The number of halogens is 4. The summed E-state index contributed by atoms with van der Waals surface area (Å²) in [7, 11) is 0. The number of alkyl halides is 3. The number of aliphatic hydroxyl groups excluding tert-OH is 1. The van der Waals surface area contributed by atoms with Crippen LogP contribution in [0.4, 0.5) is 18.9 Å². The molecular weight excluding hydrogens is 515 g/mol. The number of fused-ring (bicyclic) bond motifs is 1. The topological polar surface area (TPSA) is 120 Å².